The van der Waals surface area contributed by atoms with Crippen LogP contribution in [0.1, 0.15) is 31.4 Å². The fourth-order valence-corrected chi connectivity index (χ4v) is 5.00. The van der Waals surface area contributed by atoms with E-state index in [-0.39, 0.29) is 30.2 Å². The van der Waals surface area contributed by atoms with Crippen LogP contribution in [0.4, 0.5) is 5.69 Å². The van der Waals surface area contributed by atoms with Gasteiger partial charge in [0.25, 0.3) is 0 Å². The van der Waals surface area contributed by atoms with Crippen LogP contribution in [0.2, 0.25) is 0 Å². The van der Waals surface area contributed by atoms with Crippen molar-refractivity contribution in [3.05, 3.63) is 41.5 Å². The molecular weight excluding hydrogens is 394 g/mol. The van der Waals surface area contributed by atoms with Crippen LogP contribution in [0.25, 0.3) is 0 Å². The Bertz CT molecular complexity index is 897. The summed E-state index contributed by atoms with van der Waals surface area (Å²) in [5.41, 5.74) is 2.64. The van der Waals surface area contributed by atoms with Crippen molar-refractivity contribution in [3.8, 4) is 0 Å². The van der Waals surface area contributed by atoms with Crippen LogP contribution < -0.4 is 10.6 Å². The van der Waals surface area contributed by atoms with Gasteiger partial charge in [-0.2, -0.15) is 0 Å². The van der Waals surface area contributed by atoms with Gasteiger partial charge in [-0.1, -0.05) is 31.2 Å². The molecule has 1 saturated heterocycles. The highest BCUT2D eigenvalue weighted by Gasteiger charge is 2.57. The molecule has 1 aromatic rings. The molecule has 1 fully saturated rings. The minimum atomic E-state index is -0.791. The topological polar surface area (TPSA) is 98.7 Å². The van der Waals surface area contributed by atoms with Gasteiger partial charge in [-0.05, 0) is 50.3 Å². The largest absolute Gasteiger partial charge is 0.394 e. The minimum absolute atomic E-state index is 0.0720. The molecule has 168 valence electrons. The summed E-state index contributed by atoms with van der Waals surface area (Å²) in [6.07, 6.45) is 4.62. The Labute approximate surface area is 183 Å². The number of allylic oxidation sites excluding steroid dienone is 1. The van der Waals surface area contributed by atoms with E-state index >= 15 is 0 Å². The van der Waals surface area contributed by atoms with Crippen LogP contribution in [-0.2, 0) is 14.4 Å². The lowest BCUT2D eigenvalue weighted by Crippen LogP contribution is -2.49. The van der Waals surface area contributed by atoms with Crippen molar-refractivity contribution in [2.45, 2.75) is 46.2 Å². The number of nitrogens with one attached hydrogen (secondary N) is 2. The van der Waals surface area contributed by atoms with E-state index in [9.17, 15) is 19.5 Å². The Kier molecular flexibility index (Phi) is 6.84. The zero-order valence-corrected chi connectivity index (χ0v) is 18.9. The van der Waals surface area contributed by atoms with Crippen molar-refractivity contribution in [1.29, 1.82) is 0 Å². The van der Waals surface area contributed by atoms with Gasteiger partial charge in [0.1, 0.15) is 6.04 Å². The van der Waals surface area contributed by atoms with Gasteiger partial charge in [-0.3, -0.25) is 14.4 Å². The van der Waals surface area contributed by atoms with Gasteiger partial charge in [0.15, 0.2) is 0 Å². The lowest BCUT2D eigenvalue weighted by atomic mass is 9.69. The van der Waals surface area contributed by atoms with Gasteiger partial charge in [0, 0.05) is 18.7 Å². The first-order chi connectivity index (χ1) is 14.7. The molecule has 0 aromatic heterocycles. The Morgan fingerprint density at radius 1 is 1.19 bits per heavy atom. The molecular formula is C24H33N3O4. The molecule has 0 radical (unpaired) electrons. The van der Waals surface area contributed by atoms with Crippen LogP contribution >= 0.6 is 0 Å². The van der Waals surface area contributed by atoms with Crippen LogP contribution in [-0.4, -0.2) is 53.5 Å². The zero-order valence-electron chi connectivity index (χ0n) is 18.9. The number of carbonyl (C=O) groups is 3. The molecule has 7 heteroatoms. The van der Waals surface area contributed by atoms with Crippen LogP contribution in [0.5, 0.6) is 0 Å². The molecule has 3 amide bonds. The smallest absolute Gasteiger partial charge is 0.247 e. The number of nitrogens with zero attached hydrogens (tertiary/aromatic N) is 1. The number of hydrogen-bond acceptors (Lipinski definition) is 4. The summed E-state index contributed by atoms with van der Waals surface area (Å²) >= 11 is 0. The first-order valence-corrected chi connectivity index (χ1v) is 11.0. The summed E-state index contributed by atoms with van der Waals surface area (Å²) in [6, 6.07) is 4.49. The summed E-state index contributed by atoms with van der Waals surface area (Å²) in [5, 5.41) is 15.5. The molecule has 31 heavy (non-hydrogen) atoms. The molecule has 1 heterocycles. The number of likely N-dealkylation sites (tertiary alicyclic amines) is 1. The number of rotatable bonds is 6. The van der Waals surface area contributed by atoms with Gasteiger partial charge in [-0.25, -0.2) is 0 Å². The monoisotopic (exact) mass is 427 g/mol. The van der Waals surface area contributed by atoms with Crippen molar-refractivity contribution in [2.75, 3.05) is 19.0 Å². The quantitative estimate of drug-likeness (QED) is 0.605. The maximum Gasteiger partial charge on any atom is 0.247 e. The van der Waals surface area contributed by atoms with Crippen LogP contribution in [0.15, 0.2) is 30.4 Å². The maximum absolute atomic E-state index is 13.5. The van der Waals surface area contributed by atoms with E-state index in [0.717, 1.165) is 17.5 Å². The van der Waals surface area contributed by atoms with Gasteiger partial charge in [0.05, 0.1) is 24.5 Å². The van der Waals surface area contributed by atoms with Crippen molar-refractivity contribution in [2.24, 2.45) is 23.7 Å². The predicted molar refractivity (Wildman–Crippen MR) is 119 cm³/mol. The van der Waals surface area contributed by atoms with Gasteiger partial charge in [0.2, 0.25) is 17.7 Å². The fraction of sp³-hybridized carbons (Fsp3) is 0.542. The number of hydrogen-bond donors (Lipinski definition) is 3. The highest BCUT2D eigenvalue weighted by atomic mass is 16.3. The Hall–Kier alpha value is -2.67. The lowest BCUT2D eigenvalue weighted by molar-refractivity contribution is -0.142. The summed E-state index contributed by atoms with van der Waals surface area (Å²) in [7, 11) is 1.57. The summed E-state index contributed by atoms with van der Waals surface area (Å²) in [4.78, 5) is 41.3. The maximum atomic E-state index is 13.5. The van der Waals surface area contributed by atoms with Crippen molar-refractivity contribution in [1.82, 2.24) is 10.2 Å². The standard InChI is InChI=1S/C24H33N3O4/c1-6-16-9-10-17-20(19(16)22(29)25-5)24(31)27(15(4)12-28)21(17)23(30)26-18-11-13(2)7-8-14(18)3/h7-11,15-17,19-21,28H,6,12H2,1-5H3,(H,25,29)(H,26,30)/t15-,16-,17+,19-,20+,21+/m1/s1. The van der Waals surface area contributed by atoms with Gasteiger partial charge < -0.3 is 20.6 Å². The third-order valence-electron chi connectivity index (χ3n) is 6.73. The Morgan fingerprint density at radius 2 is 1.90 bits per heavy atom. The average Bonchev–Trinajstić information content (AvgIpc) is 3.06. The molecule has 3 N–H and O–H groups in total. The second-order valence-electron chi connectivity index (χ2n) is 8.73. The highest BCUT2D eigenvalue weighted by Crippen LogP contribution is 2.45. The molecule has 0 unspecified atom stereocenters. The molecule has 0 saturated carbocycles. The third-order valence-corrected chi connectivity index (χ3v) is 6.73. The molecule has 7 nitrogen and oxygen atoms in total. The molecule has 1 aliphatic heterocycles. The third kappa shape index (κ3) is 4.11. The van der Waals surface area contributed by atoms with Crippen molar-refractivity contribution >= 4 is 23.4 Å². The number of anilines is 1. The molecule has 2 aliphatic rings. The zero-order chi connectivity index (χ0) is 22.9. The minimum Gasteiger partial charge on any atom is -0.394 e. The molecule has 0 spiro atoms. The molecule has 1 aliphatic carbocycles. The second kappa shape index (κ2) is 9.22. The fourth-order valence-electron chi connectivity index (χ4n) is 5.00. The van der Waals surface area contributed by atoms with Crippen LogP contribution in [0, 0.1) is 37.5 Å². The Balaban J connectivity index is 2.02. The summed E-state index contributed by atoms with van der Waals surface area (Å²) in [6.45, 7) is 7.32. The second-order valence-corrected chi connectivity index (χ2v) is 8.73. The molecule has 0 bridgehead atoms. The molecule has 6 atom stereocenters. The van der Waals surface area contributed by atoms with Gasteiger partial charge >= 0.3 is 0 Å². The summed E-state index contributed by atoms with van der Waals surface area (Å²) < 4.78 is 0. The number of fused-ring (bicyclic) bond motifs is 1. The van der Waals surface area contributed by atoms with E-state index in [1.807, 2.05) is 51.1 Å². The summed E-state index contributed by atoms with van der Waals surface area (Å²) in [5.74, 6) is -2.41. The lowest BCUT2D eigenvalue weighted by Gasteiger charge is -2.34. The number of aliphatic hydroxyl groups is 1. The number of aryl methyl sites for hydroxylation is 2. The van der Waals surface area contributed by atoms with E-state index in [2.05, 4.69) is 10.6 Å². The van der Waals surface area contributed by atoms with E-state index in [0.29, 0.717) is 5.69 Å². The molecule has 3 rings (SSSR count). The van der Waals surface area contributed by atoms with Crippen molar-refractivity contribution in [3.63, 3.8) is 0 Å². The van der Waals surface area contributed by atoms with E-state index in [4.69, 9.17) is 0 Å². The first-order valence-electron chi connectivity index (χ1n) is 11.0. The Morgan fingerprint density at radius 3 is 2.52 bits per heavy atom. The normalized spacial score (nSPS) is 28.3. The van der Waals surface area contributed by atoms with Gasteiger partial charge in [-0.15, -0.1) is 0 Å². The van der Waals surface area contributed by atoms with E-state index in [1.54, 1.807) is 14.0 Å². The van der Waals surface area contributed by atoms with Crippen LogP contribution in [0.3, 0.4) is 0 Å². The number of aliphatic hydroxyl groups excluding tert-OH is 1. The van der Waals surface area contributed by atoms with E-state index in [1.165, 1.54) is 4.90 Å². The number of amides is 3. The number of carbonyl (C=O) groups excluding carboxylic acids is 3. The predicted octanol–water partition coefficient (Wildman–Crippen LogP) is 2.02. The first kappa shape index (κ1) is 23.0. The average molecular weight is 428 g/mol. The molecule has 1 aromatic carbocycles. The number of benzene rings is 1. The highest BCUT2D eigenvalue weighted by molar-refractivity contribution is 6.02. The SMILES string of the molecule is CC[C@@H]1C=C[C@H]2[C@H](C(=O)N([C@H](C)CO)[C@@H]2C(=O)Nc2cc(C)ccc2C)[C@@H]1C(=O)NC. The van der Waals surface area contributed by atoms with E-state index < -0.39 is 29.8 Å². The van der Waals surface area contributed by atoms with Crippen molar-refractivity contribution < 1.29 is 19.5 Å².